The number of aliphatic carboxylic acids is 1. The van der Waals surface area contributed by atoms with Gasteiger partial charge in [-0.1, -0.05) is 30.3 Å². The highest BCUT2D eigenvalue weighted by Gasteiger charge is 2.35. The number of carbonyl (C=O) groups excluding carboxylic acids is 1. The molecule has 4 nitrogen and oxygen atoms in total. The standard InChI is InChI=1S/C16H21NO3S2/c1-16(15(19)20,12-5-3-2-4-6-12)11-17-14(18)9-13-10-21-7-8-22-13/h2-6,13H,7-11H2,1H3,(H,17,18)(H,19,20). The molecule has 0 aromatic heterocycles. The normalized spacial score (nSPS) is 20.9. The second-order valence-corrected chi connectivity index (χ2v) is 8.11. The number of hydrogen-bond acceptors (Lipinski definition) is 4. The second kappa shape index (κ2) is 7.92. The van der Waals surface area contributed by atoms with Crippen molar-refractivity contribution >= 4 is 35.4 Å². The fourth-order valence-corrected chi connectivity index (χ4v) is 5.00. The summed E-state index contributed by atoms with van der Waals surface area (Å²) in [6.45, 7) is 1.76. The first kappa shape index (κ1) is 17.2. The van der Waals surface area contributed by atoms with Crippen LogP contribution in [0.2, 0.25) is 0 Å². The highest BCUT2D eigenvalue weighted by molar-refractivity contribution is 8.06. The minimum atomic E-state index is -1.11. The van der Waals surface area contributed by atoms with Crippen LogP contribution in [0, 0.1) is 0 Å². The molecule has 6 heteroatoms. The van der Waals surface area contributed by atoms with Gasteiger partial charge in [0.25, 0.3) is 0 Å². The molecule has 0 aliphatic carbocycles. The SMILES string of the molecule is CC(CNC(=O)CC1CSCCS1)(C(=O)O)c1ccccc1. The van der Waals surface area contributed by atoms with Crippen molar-refractivity contribution in [3.05, 3.63) is 35.9 Å². The summed E-state index contributed by atoms with van der Waals surface area (Å²) in [7, 11) is 0. The maximum atomic E-state index is 12.1. The van der Waals surface area contributed by atoms with E-state index in [1.165, 1.54) is 0 Å². The van der Waals surface area contributed by atoms with E-state index < -0.39 is 11.4 Å². The number of rotatable bonds is 6. The van der Waals surface area contributed by atoms with Crippen molar-refractivity contribution in [3.63, 3.8) is 0 Å². The Morgan fingerprint density at radius 2 is 2.05 bits per heavy atom. The molecule has 2 N–H and O–H groups in total. The molecule has 120 valence electrons. The van der Waals surface area contributed by atoms with E-state index in [0.29, 0.717) is 17.2 Å². The van der Waals surface area contributed by atoms with Crippen LogP contribution in [-0.4, -0.2) is 46.0 Å². The maximum Gasteiger partial charge on any atom is 0.315 e. The molecule has 1 amide bonds. The molecular weight excluding hydrogens is 318 g/mol. The number of nitrogens with one attached hydrogen (secondary N) is 1. The lowest BCUT2D eigenvalue weighted by Crippen LogP contribution is -2.45. The van der Waals surface area contributed by atoms with Crippen LogP contribution in [0.5, 0.6) is 0 Å². The summed E-state index contributed by atoms with van der Waals surface area (Å²) in [6, 6.07) is 9.05. The lowest BCUT2D eigenvalue weighted by Gasteiger charge is -2.26. The molecule has 22 heavy (non-hydrogen) atoms. The Morgan fingerprint density at radius 1 is 1.32 bits per heavy atom. The summed E-state index contributed by atoms with van der Waals surface area (Å²) >= 11 is 3.71. The molecule has 2 rings (SSSR count). The zero-order chi connectivity index (χ0) is 16.0. The van der Waals surface area contributed by atoms with Crippen LogP contribution in [0.1, 0.15) is 18.9 Å². The number of amides is 1. The van der Waals surface area contributed by atoms with Crippen molar-refractivity contribution in [2.24, 2.45) is 0 Å². The molecule has 0 spiro atoms. The van der Waals surface area contributed by atoms with Gasteiger partial charge in [-0.2, -0.15) is 23.5 Å². The van der Waals surface area contributed by atoms with Crippen molar-refractivity contribution in [2.75, 3.05) is 23.8 Å². The van der Waals surface area contributed by atoms with Gasteiger partial charge in [0.1, 0.15) is 5.41 Å². The zero-order valence-corrected chi connectivity index (χ0v) is 14.2. The van der Waals surface area contributed by atoms with Crippen LogP contribution in [0.15, 0.2) is 30.3 Å². The van der Waals surface area contributed by atoms with E-state index in [-0.39, 0.29) is 12.5 Å². The van der Waals surface area contributed by atoms with Crippen molar-refractivity contribution in [3.8, 4) is 0 Å². The van der Waals surface area contributed by atoms with Gasteiger partial charge in [-0.25, -0.2) is 0 Å². The summed E-state index contributed by atoms with van der Waals surface area (Å²) in [5.41, 5.74) is -0.406. The summed E-state index contributed by atoms with van der Waals surface area (Å²) in [4.78, 5) is 23.8. The van der Waals surface area contributed by atoms with E-state index in [9.17, 15) is 14.7 Å². The van der Waals surface area contributed by atoms with Crippen LogP contribution < -0.4 is 5.32 Å². The number of carboxylic acids is 1. The van der Waals surface area contributed by atoms with Gasteiger partial charge in [-0.15, -0.1) is 0 Å². The number of carboxylic acid groups (broad SMARTS) is 1. The van der Waals surface area contributed by atoms with E-state index in [2.05, 4.69) is 5.32 Å². The Morgan fingerprint density at radius 3 is 2.64 bits per heavy atom. The van der Waals surface area contributed by atoms with E-state index >= 15 is 0 Å². The molecule has 1 heterocycles. The van der Waals surface area contributed by atoms with Gasteiger partial charge in [0, 0.05) is 35.5 Å². The minimum Gasteiger partial charge on any atom is -0.481 e. The quantitative estimate of drug-likeness (QED) is 0.833. The first-order valence-electron chi connectivity index (χ1n) is 7.27. The Bertz CT molecular complexity index is 517. The summed E-state index contributed by atoms with van der Waals surface area (Å²) in [6.07, 6.45) is 0.460. The Labute approximate surface area is 139 Å². The predicted octanol–water partition coefficient (Wildman–Crippen LogP) is 2.38. The van der Waals surface area contributed by atoms with Crippen molar-refractivity contribution in [1.29, 1.82) is 0 Å². The molecule has 2 atom stereocenters. The van der Waals surface area contributed by atoms with E-state index in [4.69, 9.17) is 0 Å². The molecule has 1 saturated heterocycles. The third-order valence-corrected chi connectivity index (χ3v) is 6.66. The highest BCUT2D eigenvalue weighted by Crippen LogP contribution is 2.27. The Kier molecular flexibility index (Phi) is 6.20. The van der Waals surface area contributed by atoms with Gasteiger partial charge in [0.2, 0.25) is 5.91 Å². The lowest BCUT2D eigenvalue weighted by molar-refractivity contribution is -0.143. The molecule has 1 aliphatic rings. The molecular formula is C16H21NO3S2. The average Bonchev–Trinajstić information content (AvgIpc) is 2.54. The van der Waals surface area contributed by atoms with Gasteiger partial charge in [0.05, 0.1) is 0 Å². The maximum absolute atomic E-state index is 12.1. The van der Waals surface area contributed by atoms with Crippen LogP contribution >= 0.6 is 23.5 Å². The Balaban J connectivity index is 1.94. The fraction of sp³-hybridized carbons (Fsp3) is 0.500. The van der Waals surface area contributed by atoms with Crippen molar-refractivity contribution in [2.45, 2.75) is 24.0 Å². The van der Waals surface area contributed by atoms with Crippen LogP contribution in [-0.2, 0) is 15.0 Å². The minimum absolute atomic E-state index is 0.0663. The number of hydrogen-bond donors (Lipinski definition) is 2. The molecule has 0 bridgehead atoms. The van der Waals surface area contributed by atoms with Gasteiger partial charge >= 0.3 is 5.97 Å². The summed E-state index contributed by atoms with van der Waals surface area (Å²) in [5, 5.41) is 12.7. The van der Waals surface area contributed by atoms with Gasteiger partial charge in [-0.3, -0.25) is 9.59 Å². The molecule has 0 saturated carbocycles. The first-order chi connectivity index (χ1) is 10.5. The predicted molar refractivity (Wildman–Crippen MR) is 92.6 cm³/mol. The van der Waals surface area contributed by atoms with Crippen molar-refractivity contribution < 1.29 is 14.7 Å². The third kappa shape index (κ3) is 4.43. The average molecular weight is 339 g/mol. The number of carbonyl (C=O) groups is 2. The molecule has 0 radical (unpaired) electrons. The van der Waals surface area contributed by atoms with E-state index in [1.807, 2.05) is 41.7 Å². The smallest absolute Gasteiger partial charge is 0.315 e. The third-order valence-electron chi connectivity index (χ3n) is 3.82. The summed E-state index contributed by atoms with van der Waals surface area (Å²) in [5.74, 6) is 2.23. The lowest BCUT2D eigenvalue weighted by atomic mass is 9.82. The first-order valence-corrected chi connectivity index (χ1v) is 9.47. The van der Waals surface area contributed by atoms with Gasteiger partial charge < -0.3 is 10.4 Å². The molecule has 1 aliphatic heterocycles. The molecule has 2 unspecified atom stereocenters. The monoisotopic (exact) mass is 339 g/mol. The van der Waals surface area contributed by atoms with Gasteiger partial charge in [-0.05, 0) is 12.5 Å². The van der Waals surface area contributed by atoms with E-state index in [0.717, 1.165) is 17.3 Å². The largest absolute Gasteiger partial charge is 0.481 e. The van der Waals surface area contributed by atoms with Crippen molar-refractivity contribution in [1.82, 2.24) is 5.32 Å². The second-order valence-electron chi connectivity index (χ2n) is 5.55. The number of benzene rings is 1. The highest BCUT2D eigenvalue weighted by atomic mass is 32.2. The topological polar surface area (TPSA) is 66.4 Å². The number of thioether (sulfide) groups is 2. The zero-order valence-electron chi connectivity index (χ0n) is 12.6. The van der Waals surface area contributed by atoms with E-state index in [1.54, 1.807) is 19.1 Å². The van der Waals surface area contributed by atoms with Gasteiger partial charge in [0.15, 0.2) is 0 Å². The van der Waals surface area contributed by atoms with Crippen LogP contribution in [0.3, 0.4) is 0 Å². The van der Waals surface area contributed by atoms with Crippen LogP contribution in [0.4, 0.5) is 0 Å². The molecule has 1 fully saturated rings. The van der Waals surface area contributed by atoms with Crippen LogP contribution in [0.25, 0.3) is 0 Å². The summed E-state index contributed by atoms with van der Waals surface area (Å²) < 4.78 is 0. The molecule has 1 aromatic rings. The molecule has 1 aromatic carbocycles. The Hall–Kier alpha value is -1.14. The fourth-order valence-electron chi connectivity index (χ4n) is 2.32.